The lowest BCUT2D eigenvalue weighted by Crippen LogP contribution is -2.23. The zero-order valence-electron chi connectivity index (χ0n) is 14.3. The second-order valence-corrected chi connectivity index (χ2v) is 6.70. The van der Waals surface area contributed by atoms with Crippen LogP contribution in [0.3, 0.4) is 0 Å². The van der Waals surface area contributed by atoms with Gasteiger partial charge in [-0.15, -0.1) is 0 Å². The maximum absolute atomic E-state index is 11.8. The van der Waals surface area contributed by atoms with Crippen LogP contribution in [-0.4, -0.2) is 22.3 Å². The minimum Gasteiger partial charge on any atom is -0.361 e. The first-order valence-corrected chi connectivity index (χ1v) is 8.91. The molecule has 2 N–H and O–H groups in total. The maximum Gasteiger partial charge on any atom is 0.222 e. The van der Waals surface area contributed by atoms with Crippen LogP contribution in [0.1, 0.15) is 29.5 Å². The summed E-state index contributed by atoms with van der Waals surface area (Å²) < 4.78 is 0. The van der Waals surface area contributed by atoms with E-state index in [1.165, 1.54) is 27.6 Å². The van der Waals surface area contributed by atoms with Crippen molar-refractivity contribution in [3.63, 3.8) is 0 Å². The van der Waals surface area contributed by atoms with Gasteiger partial charge >= 0.3 is 0 Å². The molecular formula is C21H23N3O. The molecule has 128 valence electrons. The number of carbonyl (C=O) groups excluding carboxylic acids is 1. The van der Waals surface area contributed by atoms with Gasteiger partial charge in [-0.25, -0.2) is 0 Å². The Labute approximate surface area is 147 Å². The number of benzene rings is 2. The molecule has 1 saturated heterocycles. The van der Waals surface area contributed by atoms with Crippen molar-refractivity contribution in [2.45, 2.75) is 32.5 Å². The third-order valence-corrected chi connectivity index (χ3v) is 4.87. The number of rotatable bonds is 6. The van der Waals surface area contributed by atoms with E-state index in [4.69, 9.17) is 0 Å². The predicted molar refractivity (Wildman–Crippen MR) is 99.9 cm³/mol. The summed E-state index contributed by atoms with van der Waals surface area (Å²) in [6.07, 6.45) is 3.67. The smallest absolute Gasteiger partial charge is 0.222 e. The highest BCUT2D eigenvalue weighted by Gasteiger charge is 2.19. The van der Waals surface area contributed by atoms with Crippen molar-refractivity contribution in [2.75, 3.05) is 6.54 Å². The lowest BCUT2D eigenvalue weighted by molar-refractivity contribution is -0.128. The van der Waals surface area contributed by atoms with Crippen molar-refractivity contribution in [3.8, 4) is 0 Å². The molecule has 0 aliphatic carbocycles. The number of likely N-dealkylation sites (tertiary alicyclic amines) is 1. The SMILES string of the molecule is O=C1CCCN1Cc1cccc(CNCc2cccc3[nH]ccc23)c1. The number of aromatic nitrogens is 1. The average molecular weight is 333 g/mol. The molecule has 3 aromatic rings. The molecule has 1 amide bonds. The van der Waals surface area contributed by atoms with E-state index in [-0.39, 0.29) is 5.91 Å². The molecule has 25 heavy (non-hydrogen) atoms. The van der Waals surface area contributed by atoms with Gasteiger partial charge in [0.25, 0.3) is 0 Å². The monoisotopic (exact) mass is 333 g/mol. The number of hydrogen-bond acceptors (Lipinski definition) is 2. The third-order valence-electron chi connectivity index (χ3n) is 4.87. The minimum absolute atomic E-state index is 0.281. The van der Waals surface area contributed by atoms with Crippen LogP contribution in [0.25, 0.3) is 10.9 Å². The van der Waals surface area contributed by atoms with Crippen LogP contribution in [-0.2, 0) is 24.4 Å². The van der Waals surface area contributed by atoms with E-state index in [9.17, 15) is 4.79 Å². The molecule has 0 bridgehead atoms. The summed E-state index contributed by atoms with van der Waals surface area (Å²) in [7, 11) is 0. The molecule has 0 unspecified atom stereocenters. The average Bonchev–Trinajstić information content (AvgIpc) is 3.25. The molecule has 0 radical (unpaired) electrons. The van der Waals surface area contributed by atoms with Crippen molar-refractivity contribution < 1.29 is 4.79 Å². The van der Waals surface area contributed by atoms with Crippen LogP contribution in [0.15, 0.2) is 54.7 Å². The summed E-state index contributed by atoms with van der Waals surface area (Å²) >= 11 is 0. The summed E-state index contributed by atoms with van der Waals surface area (Å²) in [5, 5.41) is 4.81. The second kappa shape index (κ2) is 7.11. The summed E-state index contributed by atoms with van der Waals surface area (Å²) in [5.41, 5.74) is 4.95. The number of nitrogens with zero attached hydrogens (tertiary/aromatic N) is 1. The van der Waals surface area contributed by atoms with Crippen LogP contribution in [0.5, 0.6) is 0 Å². The van der Waals surface area contributed by atoms with E-state index in [0.29, 0.717) is 6.42 Å². The van der Waals surface area contributed by atoms with Gasteiger partial charge in [-0.2, -0.15) is 0 Å². The Bertz CT molecular complexity index is 883. The third kappa shape index (κ3) is 3.59. The van der Waals surface area contributed by atoms with Crippen LogP contribution < -0.4 is 5.32 Å². The number of amides is 1. The van der Waals surface area contributed by atoms with Gasteiger partial charge in [0.15, 0.2) is 0 Å². The molecule has 0 atom stereocenters. The van der Waals surface area contributed by atoms with Crippen molar-refractivity contribution in [1.82, 2.24) is 15.2 Å². The van der Waals surface area contributed by atoms with Gasteiger partial charge in [0, 0.05) is 49.7 Å². The highest BCUT2D eigenvalue weighted by Crippen LogP contribution is 2.18. The Morgan fingerprint density at radius 2 is 1.92 bits per heavy atom. The van der Waals surface area contributed by atoms with E-state index in [2.05, 4.69) is 58.8 Å². The summed E-state index contributed by atoms with van der Waals surface area (Å²) in [4.78, 5) is 17.0. The summed E-state index contributed by atoms with van der Waals surface area (Å²) in [6, 6.07) is 17.0. The van der Waals surface area contributed by atoms with Crippen molar-refractivity contribution in [2.24, 2.45) is 0 Å². The molecule has 0 spiro atoms. The predicted octanol–water partition coefficient (Wildman–Crippen LogP) is 3.58. The molecule has 4 rings (SSSR count). The summed E-state index contributed by atoms with van der Waals surface area (Å²) in [6.45, 7) is 3.28. The zero-order chi connectivity index (χ0) is 17.1. The lowest BCUT2D eigenvalue weighted by atomic mass is 10.1. The van der Waals surface area contributed by atoms with E-state index >= 15 is 0 Å². The first kappa shape index (κ1) is 15.9. The maximum atomic E-state index is 11.8. The van der Waals surface area contributed by atoms with Gasteiger partial charge < -0.3 is 15.2 Å². The number of H-pyrrole nitrogens is 1. The van der Waals surface area contributed by atoms with Crippen LogP contribution in [0, 0.1) is 0 Å². The van der Waals surface area contributed by atoms with Gasteiger partial charge in [-0.05, 0) is 35.2 Å². The lowest BCUT2D eigenvalue weighted by Gasteiger charge is -2.16. The van der Waals surface area contributed by atoms with Gasteiger partial charge in [-0.3, -0.25) is 4.79 Å². The fraction of sp³-hybridized carbons (Fsp3) is 0.286. The van der Waals surface area contributed by atoms with Gasteiger partial charge in [0.2, 0.25) is 5.91 Å². The van der Waals surface area contributed by atoms with Gasteiger partial charge in [0.05, 0.1) is 0 Å². The zero-order valence-corrected chi connectivity index (χ0v) is 14.3. The molecular weight excluding hydrogens is 310 g/mol. The van der Waals surface area contributed by atoms with Gasteiger partial charge in [-0.1, -0.05) is 36.4 Å². The van der Waals surface area contributed by atoms with Crippen molar-refractivity contribution >= 4 is 16.8 Å². The van der Waals surface area contributed by atoms with E-state index < -0.39 is 0 Å². The molecule has 1 aliphatic heterocycles. The minimum atomic E-state index is 0.281. The Kier molecular flexibility index (Phi) is 4.53. The molecule has 2 aromatic carbocycles. The number of carbonyl (C=O) groups is 1. The standard InChI is InChI=1S/C21H23N3O/c25-21-8-3-11-24(21)15-17-5-1-4-16(12-17)13-22-14-18-6-2-7-20-19(18)9-10-23-20/h1-2,4-7,9-10,12,22-23H,3,8,11,13-15H2. The normalized spacial score (nSPS) is 14.6. The fourth-order valence-electron chi connectivity index (χ4n) is 3.58. The van der Waals surface area contributed by atoms with E-state index in [1.54, 1.807) is 0 Å². The number of nitrogens with one attached hydrogen (secondary N) is 2. The van der Waals surface area contributed by atoms with Crippen LogP contribution >= 0.6 is 0 Å². The Balaban J connectivity index is 1.37. The number of aromatic amines is 1. The number of hydrogen-bond donors (Lipinski definition) is 2. The van der Waals surface area contributed by atoms with Gasteiger partial charge in [0.1, 0.15) is 0 Å². The first-order chi connectivity index (χ1) is 12.3. The Hall–Kier alpha value is -2.59. The quantitative estimate of drug-likeness (QED) is 0.724. The highest BCUT2D eigenvalue weighted by molar-refractivity contribution is 5.82. The second-order valence-electron chi connectivity index (χ2n) is 6.70. The molecule has 4 heteroatoms. The molecule has 1 fully saturated rings. The molecule has 2 heterocycles. The molecule has 1 aliphatic rings. The van der Waals surface area contributed by atoms with Crippen molar-refractivity contribution in [1.29, 1.82) is 0 Å². The molecule has 4 nitrogen and oxygen atoms in total. The Morgan fingerprint density at radius 1 is 1.04 bits per heavy atom. The van der Waals surface area contributed by atoms with E-state index in [1.807, 2.05) is 11.1 Å². The number of fused-ring (bicyclic) bond motifs is 1. The fourth-order valence-corrected chi connectivity index (χ4v) is 3.58. The van der Waals surface area contributed by atoms with Crippen LogP contribution in [0.4, 0.5) is 0 Å². The Morgan fingerprint density at radius 3 is 2.80 bits per heavy atom. The largest absolute Gasteiger partial charge is 0.361 e. The topological polar surface area (TPSA) is 48.1 Å². The molecule has 1 aromatic heterocycles. The molecule has 0 saturated carbocycles. The highest BCUT2D eigenvalue weighted by atomic mass is 16.2. The first-order valence-electron chi connectivity index (χ1n) is 8.91. The summed E-state index contributed by atoms with van der Waals surface area (Å²) in [5.74, 6) is 0.281. The van der Waals surface area contributed by atoms with Crippen molar-refractivity contribution in [3.05, 3.63) is 71.4 Å². The van der Waals surface area contributed by atoms with Crippen LogP contribution in [0.2, 0.25) is 0 Å². The van der Waals surface area contributed by atoms with E-state index in [0.717, 1.165) is 32.6 Å².